The van der Waals surface area contributed by atoms with E-state index in [1.165, 1.54) is 37.7 Å². The maximum atomic E-state index is 11.7. The summed E-state index contributed by atoms with van der Waals surface area (Å²) in [5, 5.41) is 0. The van der Waals surface area contributed by atoms with Gasteiger partial charge in [0.2, 0.25) is 5.91 Å². The van der Waals surface area contributed by atoms with Crippen LogP contribution in [0.5, 0.6) is 0 Å². The van der Waals surface area contributed by atoms with Gasteiger partial charge in [-0.15, -0.1) is 0 Å². The lowest BCUT2D eigenvalue weighted by atomic mass is 9.84. The molecule has 0 aromatic heterocycles. The molecule has 0 radical (unpaired) electrons. The number of rotatable bonds is 2. The number of amides is 1. The summed E-state index contributed by atoms with van der Waals surface area (Å²) in [6.45, 7) is 0.238. The van der Waals surface area contributed by atoms with Gasteiger partial charge in [0.05, 0.1) is 13.0 Å². The zero-order valence-electron chi connectivity index (χ0n) is 11.1. The van der Waals surface area contributed by atoms with E-state index in [2.05, 4.69) is 12.1 Å². The molecule has 1 aromatic carbocycles. The maximum Gasteiger partial charge on any atom is 0.234 e. The standard InChI is InChI=1S/C16H19NO2/c18-15-10-16(19)17(11-15)14-8-6-13(7-9-14)12-4-2-1-3-5-12/h6-9,12H,1-5,10-11H2. The zero-order chi connectivity index (χ0) is 13.2. The number of hydrogen-bond donors (Lipinski definition) is 0. The molecule has 0 bridgehead atoms. The fourth-order valence-electron chi connectivity index (χ4n) is 3.18. The summed E-state index contributed by atoms with van der Waals surface area (Å²) in [6.07, 6.45) is 6.63. The predicted molar refractivity (Wildman–Crippen MR) is 74.2 cm³/mol. The van der Waals surface area contributed by atoms with Gasteiger partial charge in [-0.05, 0) is 36.5 Å². The van der Waals surface area contributed by atoms with Crippen LogP contribution in [-0.4, -0.2) is 18.2 Å². The Kier molecular flexibility index (Phi) is 3.36. The minimum atomic E-state index is -0.0737. The van der Waals surface area contributed by atoms with Crippen LogP contribution in [0.15, 0.2) is 24.3 Å². The molecule has 1 heterocycles. The second-order valence-corrected chi connectivity index (χ2v) is 5.62. The molecular formula is C16H19NO2. The molecule has 1 saturated carbocycles. The molecule has 1 amide bonds. The van der Waals surface area contributed by atoms with Crippen LogP contribution < -0.4 is 4.90 Å². The van der Waals surface area contributed by atoms with E-state index in [1.807, 2.05) is 12.1 Å². The minimum Gasteiger partial charge on any atom is -0.305 e. The fraction of sp³-hybridized carbons (Fsp3) is 0.500. The van der Waals surface area contributed by atoms with Gasteiger partial charge in [-0.25, -0.2) is 0 Å². The van der Waals surface area contributed by atoms with Gasteiger partial charge in [0, 0.05) is 5.69 Å². The maximum absolute atomic E-state index is 11.7. The lowest BCUT2D eigenvalue weighted by molar-refractivity contribution is -0.121. The summed E-state index contributed by atoms with van der Waals surface area (Å²) in [7, 11) is 0. The Morgan fingerprint density at radius 3 is 2.21 bits per heavy atom. The number of Topliss-reactive ketones (excluding diaryl/α,β-unsaturated/α-hetero) is 1. The van der Waals surface area contributed by atoms with Gasteiger partial charge >= 0.3 is 0 Å². The highest BCUT2D eigenvalue weighted by Gasteiger charge is 2.28. The molecule has 2 aliphatic rings. The molecule has 100 valence electrons. The van der Waals surface area contributed by atoms with Gasteiger partial charge in [-0.2, -0.15) is 0 Å². The lowest BCUT2D eigenvalue weighted by Crippen LogP contribution is -2.24. The molecule has 1 saturated heterocycles. The van der Waals surface area contributed by atoms with Crippen molar-refractivity contribution >= 4 is 17.4 Å². The number of ketones is 1. The van der Waals surface area contributed by atoms with E-state index in [-0.39, 0.29) is 24.7 Å². The average molecular weight is 257 g/mol. The van der Waals surface area contributed by atoms with Gasteiger partial charge in [-0.1, -0.05) is 31.4 Å². The molecule has 1 aliphatic carbocycles. The highest BCUT2D eigenvalue weighted by molar-refractivity contribution is 6.15. The van der Waals surface area contributed by atoms with Crippen molar-refractivity contribution < 1.29 is 9.59 Å². The van der Waals surface area contributed by atoms with Crippen molar-refractivity contribution in [2.45, 2.75) is 44.4 Å². The fourth-order valence-corrected chi connectivity index (χ4v) is 3.18. The van der Waals surface area contributed by atoms with Gasteiger partial charge in [0.1, 0.15) is 0 Å². The molecule has 1 aliphatic heterocycles. The number of anilines is 1. The van der Waals surface area contributed by atoms with Crippen molar-refractivity contribution in [3.05, 3.63) is 29.8 Å². The Hall–Kier alpha value is -1.64. The third kappa shape index (κ3) is 2.55. The highest BCUT2D eigenvalue weighted by atomic mass is 16.2. The van der Waals surface area contributed by atoms with Crippen LogP contribution in [0.2, 0.25) is 0 Å². The molecule has 0 spiro atoms. The lowest BCUT2D eigenvalue weighted by Gasteiger charge is -2.23. The van der Waals surface area contributed by atoms with E-state index in [0.29, 0.717) is 5.92 Å². The molecule has 0 N–H and O–H groups in total. The first kappa shape index (κ1) is 12.4. The van der Waals surface area contributed by atoms with Crippen LogP contribution in [0.3, 0.4) is 0 Å². The van der Waals surface area contributed by atoms with E-state index < -0.39 is 0 Å². The molecule has 1 aromatic rings. The van der Waals surface area contributed by atoms with Crippen LogP contribution in [0.1, 0.15) is 50.0 Å². The first-order chi connectivity index (χ1) is 9.24. The van der Waals surface area contributed by atoms with E-state index in [9.17, 15) is 9.59 Å². The summed E-state index contributed by atoms with van der Waals surface area (Å²) < 4.78 is 0. The SMILES string of the molecule is O=C1CC(=O)N(c2ccc(C3CCCCC3)cc2)C1. The van der Waals surface area contributed by atoms with E-state index in [1.54, 1.807) is 4.90 Å². The Bertz CT molecular complexity index is 486. The Morgan fingerprint density at radius 1 is 0.947 bits per heavy atom. The Balaban J connectivity index is 1.75. The Labute approximate surface area is 113 Å². The predicted octanol–water partition coefficient (Wildman–Crippen LogP) is 3.04. The smallest absolute Gasteiger partial charge is 0.234 e. The third-order valence-electron chi connectivity index (χ3n) is 4.27. The summed E-state index contributed by atoms with van der Waals surface area (Å²) >= 11 is 0. The topological polar surface area (TPSA) is 37.4 Å². The van der Waals surface area contributed by atoms with Crippen LogP contribution in [0.25, 0.3) is 0 Å². The zero-order valence-corrected chi connectivity index (χ0v) is 11.1. The van der Waals surface area contributed by atoms with Crippen molar-refractivity contribution in [1.29, 1.82) is 0 Å². The van der Waals surface area contributed by atoms with Crippen LogP contribution >= 0.6 is 0 Å². The number of carbonyl (C=O) groups is 2. The average Bonchev–Trinajstić information content (AvgIpc) is 2.79. The van der Waals surface area contributed by atoms with Gasteiger partial charge in [0.15, 0.2) is 5.78 Å². The van der Waals surface area contributed by atoms with Crippen LogP contribution in [0, 0.1) is 0 Å². The number of carbonyl (C=O) groups excluding carboxylic acids is 2. The van der Waals surface area contributed by atoms with Crippen molar-refractivity contribution in [3.8, 4) is 0 Å². The van der Waals surface area contributed by atoms with Crippen LogP contribution in [-0.2, 0) is 9.59 Å². The summed E-state index contributed by atoms with van der Waals surface area (Å²) in [5.41, 5.74) is 2.23. The summed E-state index contributed by atoms with van der Waals surface area (Å²) in [6, 6.07) is 8.23. The second kappa shape index (κ2) is 5.16. The molecule has 3 nitrogen and oxygen atoms in total. The summed E-state index contributed by atoms with van der Waals surface area (Å²) in [5.74, 6) is 0.621. The first-order valence-electron chi connectivity index (χ1n) is 7.16. The van der Waals surface area contributed by atoms with E-state index >= 15 is 0 Å². The molecule has 19 heavy (non-hydrogen) atoms. The van der Waals surface area contributed by atoms with E-state index in [0.717, 1.165) is 5.69 Å². The molecule has 0 atom stereocenters. The highest BCUT2D eigenvalue weighted by Crippen LogP contribution is 2.33. The van der Waals surface area contributed by atoms with Gasteiger partial charge in [-0.3, -0.25) is 9.59 Å². The normalized spacial score (nSPS) is 21.2. The molecular weight excluding hydrogens is 238 g/mol. The molecule has 3 rings (SSSR count). The van der Waals surface area contributed by atoms with Crippen molar-refractivity contribution in [2.24, 2.45) is 0 Å². The largest absolute Gasteiger partial charge is 0.305 e. The second-order valence-electron chi connectivity index (χ2n) is 5.62. The summed E-state index contributed by atoms with van der Waals surface area (Å²) in [4.78, 5) is 24.6. The monoisotopic (exact) mass is 257 g/mol. The number of hydrogen-bond acceptors (Lipinski definition) is 2. The molecule has 2 fully saturated rings. The van der Waals surface area contributed by atoms with Gasteiger partial charge in [0.25, 0.3) is 0 Å². The Morgan fingerprint density at radius 2 is 1.63 bits per heavy atom. The van der Waals surface area contributed by atoms with Crippen molar-refractivity contribution in [1.82, 2.24) is 0 Å². The van der Waals surface area contributed by atoms with Gasteiger partial charge < -0.3 is 4.90 Å². The van der Waals surface area contributed by atoms with Crippen molar-refractivity contribution in [2.75, 3.05) is 11.4 Å². The van der Waals surface area contributed by atoms with E-state index in [4.69, 9.17) is 0 Å². The number of nitrogens with zero attached hydrogens (tertiary/aromatic N) is 1. The minimum absolute atomic E-state index is 0.0151. The first-order valence-corrected chi connectivity index (χ1v) is 7.16. The molecule has 0 unspecified atom stereocenters. The quantitative estimate of drug-likeness (QED) is 0.764. The van der Waals surface area contributed by atoms with Crippen LogP contribution in [0.4, 0.5) is 5.69 Å². The number of benzene rings is 1. The molecule has 3 heteroatoms. The van der Waals surface area contributed by atoms with Crippen molar-refractivity contribution in [3.63, 3.8) is 0 Å². The third-order valence-corrected chi connectivity index (χ3v) is 4.27.